The van der Waals surface area contributed by atoms with Crippen LogP contribution in [0, 0.1) is 5.92 Å². The van der Waals surface area contributed by atoms with Crippen LogP contribution in [-0.2, 0) is 6.42 Å². The minimum Gasteiger partial charge on any atom is -0.332 e. The molecule has 2 aromatic rings. The lowest BCUT2D eigenvalue weighted by Crippen LogP contribution is -2.33. The molecule has 0 unspecified atom stereocenters. The number of anilines is 1. The normalized spacial score (nSPS) is 25.5. The van der Waals surface area contributed by atoms with Gasteiger partial charge in [0.05, 0.1) is 11.7 Å². The van der Waals surface area contributed by atoms with Crippen molar-refractivity contribution >= 4 is 11.5 Å². The van der Waals surface area contributed by atoms with E-state index >= 15 is 0 Å². The van der Waals surface area contributed by atoms with E-state index in [1.54, 1.807) is 0 Å². The van der Waals surface area contributed by atoms with E-state index in [9.17, 15) is 0 Å². The third-order valence-corrected chi connectivity index (χ3v) is 5.29. The van der Waals surface area contributed by atoms with Crippen LogP contribution in [0.4, 0.5) is 5.69 Å². The van der Waals surface area contributed by atoms with Crippen LogP contribution in [0.5, 0.6) is 0 Å². The van der Waals surface area contributed by atoms with Crippen molar-refractivity contribution in [1.29, 1.82) is 0 Å². The lowest BCUT2D eigenvalue weighted by molar-refractivity contribution is 0.266. The fourth-order valence-electron chi connectivity index (χ4n) is 4.27. The highest BCUT2D eigenvalue weighted by molar-refractivity contribution is 5.88. The molecule has 110 valence electrons. The van der Waals surface area contributed by atoms with Crippen molar-refractivity contribution in [2.24, 2.45) is 11.0 Å². The molecule has 1 saturated heterocycles. The second-order valence-electron chi connectivity index (χ2n) is 6.51. The SMILES string of the molecule is c1ccc(N2CN3C(=N2)C[C@H]2CCc4ccccc4[C@H]23)cc1. The molecule has 0 radical (unpaired) electrons. The molecule has 2 atom stereocenters. The van der Waals surface area contributed by atoms with Gasteiger partial charge in [0.2, 0.25) is 0 Å². The minimum atomic E-state index is 0.525. The van der Waals surface area contributed by atoms with Gasteiger partial charge >= 0.3 is 0 Å². The summed E-state index contributed by atoms with van der Waals surface area (Å²) in [5.74, 6) is 2.02. The van der Waals surface area contributed by atoms with E-state index < -0.39 is 0 Å². The quantitative estimate of drug-likeness (QED) is 0.795. The van der Waals surface area contributed by atoms with Crippen LogP contribution in [0.2, 0.25) is 0 Å². The summed E-state index contributed by atoms with van der Waals surface area (Å²) in [6.45, 7) is 0.884. The number of para-hydroxylation sites is 1. The van der Waals surface area contributed by atoms with E-state index in [0.717, 1.165) is 19.0 Å². The zero-order valence-electron chi connectivity index (χ0n) is 12.5. The molecule has 1 aliphatic carbocycles. The molecule has 3 aliphatic rings. The Morgan fingerprint density at radius 3 is 2.68 bits per heavy atom. The van der Waals surface area contributed by atoms with Crippen LogP contribution < -0.4 is 5.01 Å². The number of nitrogens with zero attached hydrogens (tertiary/aromatic N) is 3. The van der Waals surface area contributed by atoms with Crippen molar-refractivity contribution in [3.63, 3.8) is 0 Å². The summed E-state index contributed by atoms with van der Waals surface area (Å²) in [6, 6.07) is 20.0. The molecule has 3 heteroatoms. The predicted octanol–water partition coefficient (Wildman–Crippen LogP) is 3.79. The van der Waals surface area contributed by atoms with Crippen LogP contribution in [0.1, 0.15) is 30.0 Å². The van der Waals surface area contributed by atoms with E-state index in [4.69, 9.17) is 5.10 Å². The second kappa shape index (κ2) is 4.60. The Bertz CT molecular complexity index is 737. The molecule has 2 heterocycles. The predicted molar refractivity (Wildman–Crippen MR) is 88.7 cm³/mol. The first-order chi connectivity index (χ1) is 10.9. The van der Waals surface area contributed by atoms with E-state index in [0.29, 0.717) is 6.04 Å². The number of amidine groups is 1. The molecule has 0 aromatic heterocycles. The molecular weight excluding hydrogens is 270 g/mol. The van der Waals surface area contributed by atoms with Gasteiger partial charge in [-0.1, -0.05) is 42.5 Å². The Labute approximate surface area is 130 Å². The highest BCUT2D eigenvalue weighted by Crippen LogP contribution is 2.47. The highest BCUT2D eigenvalue weighted by atomic mass is 15.6. The van der Waals surface area contributed by atoms with Crippen LogP contribution in [-0.4, -0.2) is 17.4 Å². The van der Waals surface area contributed by atoms with Crippen LogP contribution >= 0.6 is 0 Å². The Kier molecular flexibility index (Phi) is 2.57. The van der Waals surface area contributed by atoms with Crippen molar-refractivity contribution in [1.82, 2.24) is 4.90 Å². The number of hydrogen-bond acceptors (Lipinski definition) is 3. The number of aryl methyl sites for hydroxylation is 1. The van der Waals surface area contributed by atoms with Gasteiger partial charge in [0.1, 0.15) is 12.5 Å². The summed E-state index contributed by atoms with van der Waals surface area (Å²) in [6.07, 6.45) is 3.64. The molecule has 22 heavy (non-hydrogen) atoms. The summed E-state index contributed by atoms with van der Waals surface area (Å²) in [4.78, 5) is 2.52. The third-order valence-electron chi connectivity index (χ3n) is 5.29. The summed E-state index contributed by atoms with van der Waals surface area (Å²) < 4.78 is 0. The van der Waals surface area contributed by atoms with Crippen molar-refractivity contribution < 1.29 is 0 Å². The summed E-state index contributed by atoms with van der Waals surface area (Å²) in [5, 5.41) is 7.03. The molecule has 0 amide bonds. The average Bonchev–Trinajstić information content (AvgIpc) is 3.13. The van der Waals surface area contributed by atoms with Gasteiger partial charge < -0.3 is 4.90 Å². The maximum absolute atomic E-state index is 4.89. The third kappa shape index (κ3) is 1.71. The zero-order valence-corrected chi connectivity index (χ0v) is 12.5. The number of benzene rings is 2. The molecular formula is C19H19N3. The smallest absolute Gasteiger partial charge is 0.127 e. The number of hydrazone groups is 1. The zero-order chi connectivity index (χ0) is 14.5. The Balaban J connectivity index is 1.51. The molecule has 2 aromatic carbocycles. The topological polar surface area (TPSA) is 18.8 Å². The largest absolute Gasteiger partial charge is 0.332 e. The first-order valence-corrected chi connectivity index (χ1v) is 8.15. The molecule has 0 saturated carbocycles. The van der Waals surface area contributed by atoms with E-state index in [1.807, 2.05) is 0 Å². The fraction of sp³-hybridized carbons (Fsp3) is 0.316. The van der Waals surface area contributed by atoms with Gasteiger partial charge in [-0.3, -0.25) is 0 Å². The standard InChI is InChI=1S/C19H19N3/c1-2-7-16(8-3-1)22-13-21-18(20-22)12-15-11-10-14-6-4-5-9-17(14)19(15)21/h1-9,15,19H,10-13H2/t15-,19+/m1/s1. The van der Waals surface area contributed by atoms with Crippen molar-refractivity contribution in [3.05, 3.63) is 65.7 Å². The van der Waals surface area contributed by atoms with Crippen LogP contribution in [0.15, 0.2) is 59.7 Å². The Morgan fingerprint density at radius 2 is 1.77 bits per heavy atom. The molecule has 0 bridgehead atoms. The lowest BCUT2D eigenvalue weighted by atomic mass is 9.80. The average molecular weight is 289 g/mol. The maximum atomic E-state index is 4.89. The fourth-order valence-corrected chi connectivity index (χ4v) is 4.27. The van der Waals surface area contributed by atoms with Crippen molar-refractivity contribution in [2.45, 2.75) is 25.3 Å². The van der Waals surface area contributed by atoms with E-state index in [1.165, 1.54) is 35.5 Å². The monoisotopic (exact) mass is 289 g/mol. The van der Waals surface area contributed by atoms with E-state index in [2.05, 4.69) is 64.5 Å². The second-order valence-corrected chi connectivity index (χ2v) is 6.51. The number of hydrogen-bond donors (Lipinski definition) is 0. The number of fused-ring (bicyclic) bond motifs is 5. The molecule has 1 fully saturated rings. The molecule has 3 nitrogen and oxygen atoms in total. The molecule has 0 spiro atoms. The van der Waals surface area contributed by atoms with Crippen molar-refractivity contribution in [2.75, 3.05) is 11.7 Å². The molecule has 2 aliphatic heterocycles. The maximum Gasteiger partial charge on any atom is 0.127 e. The van der Waals surface area contributed by atoms with E-state index in [-0.39, 0.29) is 0 Å². The van der Waals surface area contributed by atoms with Gasteiger partial charge in [-0.25, -0.2) is 5.01 Å². The van der Waals surface area contributed by atoms with Crippen LogP contribution in [0.3, 0.4) is 0 Å². The molecule has 5 rings (SSSR count). The first-order valence-electron chi connectivity index (χ1n) is 8.15. The summed E-state index contributed by atoms with van der Waals surface area (Å²) in [7, 11) is 0. The van der Waals surface area contributed by atoms with Gasteiger partial charge in [0.15, 0.2) is 0 Å². The molecule has 0 N–H and O–H groups in total. The highest BCUT2D eigenvalue weighted by Gasteiger charge is 2.45. The number of rotatable bonds is 1. The van der Waals surface area contributed by atoms with Gasteiger partial charge in [-0.2, -0.15) is 5.10 Å². The Morgan fingerprint density at radius 1 is 0.955 bits per heavy atom. The minimum absolute atomic E-state index is 0.525. The van der Waals surface area contributed by atoms with Gasteiger partial charge in [0, 0.05) is 6.42 Å². The summed E-state index contributed by atoms with van der Waals surface area (Å²) >= 11 is 0. The summed E-state index contributed by atoms with van der Waals surface area (Å²) in [5.41, 5.74) is 4.24. The van der Waals surface area contributed by atoms with Gasteiger partial charge in [-0.15, -0.1) is 0 Å². The Hall–Kier alpha value is -2.29. The van der Waals surface area contributed by atoms with Crippen LogP contribution in [0.25, 0.3) is 0 Å². The van der Waals surface area contributed by atoms with Crippen molar-refractivity contribution in [3.8, 4) is 0 Å². The lowest BCUT2D eigenvalue weighted by Gasteiger charge is -2.33. The van der Waals surface area contributed by atoms with Gasteiger partial charge in [0.25, 0.3) is 0 Å². The first kappa shape index (κ1) is 12.3. The van der Waals surface area contributed by atoms with Gasteiger partial charge in [-0.05, 0) is 42.0 Å².